The number of ether oxygens (including phenoxy) is 2. The molecule has 0 aliphatic carbocycles. The summed E-state index contributed by atoms with van der Waals surface area (Å²) in [4.78, 5) is 32.8. The first-order chi connectivity index (χ1) is 16.6. The molecule has 174 valence electrons. The van der Waals surface area contributed by atoms with E-state index in [1.54, 1.807) is 60.4 Å². The van der Waals surface area contributed by atoms with Crippen molar-refractivity contribution >= 4 is 17.7 Å². The highest BCUT2D eigenvalue weighted by atomic mass is 16.5. The van der Waals surface area contributed by atoms with E-state index in [2.05, 4.69) is 16.0 Å². The van der Waals surface area contributed by atoms with Crippen molar-refractivity contribution in [2.24, 2.45) is 0 Å². The fraction of sp³-hybridized carbons (Fsp3) is 0.280. The molecule has 4 rings (SSSR count). The molecular weight excluding hydrogens is 436 g/mol. The van der Waals surface area contributed by atoms with Crippen LogP contribution in [0.2, 0.25) is 0 Å². The summed E-state index contributed by atoms with van der Waals surface area (Å²) in [6.45, 7) is 4.44. The van der Waals surface area contributed by atoms with Crippen LogP contribution in [0, 0.1) is 11.3 Å². The second-order valence-corrected chi connectivity index (χ2v) is 7.57. The average molecular weight is 460 g/mol. The van der Waals surface area contributed by atoms with Crippen LogP contribution in [-0.4, -0.2) is 54.5 Å². The first-order valence-corrected chi connectivity index (χ1v) is 11.0. The number of aromatic nitrogens is 1. The molecule has 3 aromatic rings. The quantitative estimate of drug-likeness (QED) is 0.494. The highest BCUT2D eigenvalue weighted by Gasteiger charge is 2.25. The van der Waals surface area contributed by atoms with E-state index in [0.717, 1.165) is 5.82 Å². The Labute approximate surface area is 197 Å². The lowest BCUT2D eigenvalue weighted by molar-refractivity contribution is 0.0525. The lowest BCUT2D eigenvalue weighted by Crippen LogP contribution is -2.49. The number of benzene rings is 1. The number of carbonyl (C=O) groups is 2. The predicted octanol–water partition coefficient (Wildman–Crippen LogP) is 3.26. The van der Waals surface area contributed by atoms with Crippen molar-refractivity contribution in [2.75, 3.05) is 37.7 Å². The molecule has 1 aliphatic rings. The standard InChI is InChI=1S/C25H24N4O5/c1-2-32-25(31)19-7-10-23(27-16-19)28-11-13-29(14-12-28)24(30)22-9-8-20(34-22)17-33-21-6-4-3-5-18(21)15-26/h3-10,16H,2,11-14,17H2,1H3. The number of nitriles is 1. The van der Waals surface area contributed by atoms with E-state index in [-0.39, 0.29) is 18.3 Å². The van der Waals surface area contributed by atoms with Crippen LogP contribution >= 0.6 is 0 Å². The zero-order chi connectivity index (χ0) is 23.9. The second kappa shape index (κ2) is 10.5. The van der Waals surface area contributed by atoms with Crippen molar-refractivity contribution in [1.29, 1.82) is 5.26 Å². The van der Waals surface area contributed by atoms with Crippen LogP contribution < -0.4 is 9.64 Å². The Balaban J connectivity index is 1.30. The third-order valence-corrected chi connectivity index (χ3v) is 5.40. The van der Waals surface area contributed by atoms with Crippen molar-refractivity contribution in [3.05, 3.63) is 77.4 Å². The van der Waals surface area contributed by atoms with E-state index in [1.165, 1.54) is 6.20 Å². The molecule has 0 unspecified atom stereocenters. The minimum atomic E-state index is -0.394. The molecule has 0 atom stereocenters. The van der Waals surface area contributed by atoms with E-state index < -0.39 is 5.97 Å². The molecule has 1 aliphatic heterocycles. The molecule has 1 saturated heterocycles. The van der Waals surface area contributed by atoms with Crippen LogP contribution in [0.4, 0.5) is 5.82 Å². The fourth-order valence-electron chi connectivity index (χ4n) is 3.61. The number of hydrogen-bond donors (Lipinski definition) is 0. The number of carbonyl (C=O) groups excluding carboxylic acids is 2. The maximum atomic E-state index is 12.9. The van der Waals surface area contributed by atoms with Crippen molar-refractivity contribution in [1.82, 2.24) is 9.88 Å². The van der Waals surface area contributed by atoms with Crippen LogP contribution in [0.5, 0.6) is 5.75 Å². The van der Waals surface area contributed by atoms with Crippen molar-refractivity contribution in [2.45, 2.75) is 13.5 Å². The fourth-order valence-corrected chi connectivity index (χ4v) is 3.61. The summed E-state index contributed by atoms with van der Waals surface area (Å²) in [5.41, 5.74) is 0.848. The first-order valence-electron chi connectivity index (χ1n) is 11.0. The number of rotatable bonds is 7. The molecule has 2 aromatic heterocycles. The Morgan fingerprint density at radius 2 is 1.88 bits per heavy atom. The Morgan fingerprint density at radius 1 is 1.09 bits per heavy atom. The van der Waals surface area contributed by atoms with Crippen LogP contribution in [0.15, 0.2) is 59.1 Å². The molecule has 1 fully saturated rings. The van der Waals surface area contributed by atoms with Gasteiger partial charge in [0.25, 0.3) is 5.91 Å². The van der Waals surface area contributed by atoms with Gasteiger partial charge in [-0.25, -0.2) is 9.78 Å². The number of para-hydroxylation sites is 1. The molecule has 9 heteroatoms. The minimum absolute atomic E-state index is 0.118. The van der Waals surface area contributed by atoms with E-state index in [4.69, 9.17) is 19.2 Å². The summed E-state index contributed by atoms with van der Waals surface area (Å²) >= 11 is 0. The number of nitrogens with zero attached hydrogens (tertiary/aromatic N) is 4. The molecule has 0 N–H and O–H groups in total. The van der Waals surface area contributed by atoms with Crippen LogP contribution in [-0.2, 0) is 11.3 Å². The average Bonchev–Trinajstić information content (AvgIpc) is 3.36. The number of pyridine rings is 1. The topological polar surface area (TPSA) is 109 Å². The smallest absolute Gasteiger partial charge is 0.339 e. The molecule has 1 aromatic carbocycles. The molecular formula is C25H24N4O5. The van der Waals surface area contributed by atoms with Gasteiger partial charge in [0.2, 0.25) is 0 Å². The lowest BCUT2D eigenvalue weighted by atomic mass is 10.2. The van der Waals surface area contributed by atoms with Crippen molar-refractivity contribution in [3.8, 4) is 11.8 Å². The van der Waals surface area contributed by atoms with Gasteiger partial charge in [-0.3, -0.25) is 4.79 Å². The third-order valence-electron chi connectivity index (χ3n) is 5.40. The monoisotopic (exact) mass is 460 g/mol. The molecule has 0 bridgehead atoms. The van der Waals surface area contributed by atoms with Gasteiger partial charge in [0.1, 0.15) is 30.0 Å². The van der Waals surface area contributed by atoms with Crippen molar-refractivity contribution in [3.63, 3.8) is 0 Å². The van der Waals surface area contributed by atoms with E-state index in [0.29, 0.717) is 55.4 Å². The molecule has 0 spiro atoms. The third kappa shape index (κ3) is 5.18. The molecule has 1 amide bonds. The lowest BCUT2D eigenvalue weighted by Gasteiger charge is -2.35. The summed E-state index contributed by atoms with van der Waals surface area (Å²) in [5.74, 6) is 1.38. The number of esters is 1. The Hall–Kier alpha value is -4.32. The first kappa shape index (κ1) is 22.9. The largest absolute Gasteiger partial charge is 0.484 e. The normalized spacial score (nSPS) is 13.3. The highest BCUT2D eigenvalue weighted by Crippen LogP contribution is 2.20. The second-order valence-electron chi connectivity index (χ2n) is 7.57. The SMILES string of the molecule is CCOC(=O)c1ccc(N2CCN(C(=O)c3ccc(COc4ccccc4C#N)o3)CC2)nc1. The highest BCUT2D eigenvalue weighted by molar-refractivity contribution is 5.91. The summed E-state index contributed by atoms with van der Waals surface area (Å²) in [6.07, 6.45) is 1.51. The Kier molecular flexibility index (Phi) is 7.08. The Morgan fingerprint density at radius 3 is 2.59 bits per heavy atom. The summed E-state index contributed by atoms with van der Waals surface area (Å²) in [7, 11) is 0. The van der Waals surface area contributed by atoms with E-state index >= 15 is 0 Å². The van der Waals surface area contributed by atoms with E-state index in [1.807, 2.05) is 0 Å². The maximum Gasteiger partial charge on any atom is 0.339 e. The summed E-state index contributed by atoms with van der Waals surface area (Å²) < 4.78 is 16.3. The van der Waals surface area contributed by atoms with Crippen LogP contribution in [0.3, 0.4) is 0 Å². The number of piperazine rings is 1. The summed E-state index contributed by atoms with van der Waals surface area (Å²) in [5, 5.41) is 9.15. The number of anilines is 1. The zero-order valence-corrected chi connectivity index (χ0v) is 18.8. The molecule has 9 nitrogen and oxygen atoms in total. The van der Waals surface area contributed by atoms with Gasteiger partial charge >= 0.3 is 5.97 Å². The van der Waals surface area contributed by atoms with Crippen LogP contribution in [0.1, 0.15) is 39.2 Å². The molecule has 0 saturated carbocycles. The van der Waals surface area contributed by atoms with Gasteiger partial charge in [0.05, 0.1) is 17.7 Å². The van der Waals surface area contributed by atoms with E-state index in [9.17, 15) is 9.59 Å². The number of amides is 1. The molecule has 0 radical (unpaired) electrons. The number of hydrogen-bond acceptors (Lipinski definition) is 8. The summed E-state index contributed by atoms with van der Waals surface area (Å²) in [6, 6.07) is 15.8. The van der Waals surface area contributed by atoms with Crippen molar-refractivity contribution < 1.29 is 23.5 Å². The van der Waals surface area contributed by atoms with Gasteiger partial charge in [-0.15, -0.1) is 0 Å². The zero-order valence-electron chi connectivity index (χ0n) is 18.8. The maximum absolute atomic E-state index is 12.9. The molecule has 34 heavy (non-hydrogen) atoms. The Bertz CT molecular complexity index is 1190. The van der Waals surface area contributed by atoms with Gasteiger partial charge in [0.15, 0.2) is 5.76 Å². The predicted molar refractivity (Wildman–Crippen MR) is 123 cm³/mol. The van der Waals surface area contributed by atoms with Gasteiger partial charge in [0, 0.05) is 32.4 Å². The minimum Gasteiger partial charge on any atom is -0.484 e. The molecule has 3 heterocycles. The van der Waals surface area contributed by atoms with Gasteiger partial charge < -0.3 is 23.7 Å². The number of furan rings is 1. The van der Waals surface area contributed by atoms with Crippen LogP contribution in [0.25, 0.3) is 0 Å². The van der Waals surface area contributed by atoms with Gasteiger partial charge in [-0.1, -0.05) is 12.1 Å². The van der Waals surface area contributed by atoms with Gasteiger partial charge in [-0.05, 0) is 43.3 Å². The van der Waals surface area contributed by atoms with Gasteiger partial charge in [-0.2, -0.15) is 5.26 Å².